The Labute approximate surface area is 293 Å². The molecule has 3 heterocycles. The van der Waals surface area contributed by atoms with Crippen LogP contribution >= 0.6 is 11.6 Å². The first-order valence-electron chi connectivity index (χ1n) is 15.9. The summed E-state index contributed by atoms with van der Waals surface area (Å²) in [6, 6.07) is 11.3. The minimum atomic E-state index is -2.00. The molecule has 0 saturated carbocycles. The largest absolute Gasteiger partial charge is 0.353 e. The molecular formula is C37H28ClF3N6O4. The molecule has 0 bridgehead atoms. The van der Waals surface area contributed by atoms with Gasteiger partial charge < -0.3 is 20.1 Å². The van der Waals surface area contributed by atoms with Crippen LogP contribution in [-0.4, -0.2) is 55.4 Å². The summed E-state index contributed by atoms with van der Waals surface area (Å²) in [7, 11) is 0. The summed E-state index contributed by atoms with van der Waals surface area (Å²) in [5, 5.41) is 6.43. The van der Waals surface area contributed by atoms with Crippen LogP contribution in [0.1, 0.15) is 46.0 Å². The first-order chi connectivity index (χ1) is 24.5. The lowest BCUT2D eigenvalue weighted by Gasteiger charge is -2.24. The highest BCUT2D eigenvalue weighted by Gasteiger charge is 2.39. The van der Waals surface area contributed by atoms with Gasteiger partial charge in [-0.3, -0.25) is 19.2 Å². The van der Waals surface area contributed by atoms with Crippen molar-refractivity contribution < 1.29 is 32.3 Å². The molecule has 2 aliphatic rings. The number of benzene rings is 3. The second kappa shape index (κ2) is 13.5. The van der Waals surface area contributed by atoms with Crippen molar-refractivity contribution in [2.24, 2.45) is 0 Å². The summed E-state index contributed by atoms with van der Waals surface area (Å²) in [5.41, 5.74) is 3.04. The molecule has 0 spiro atoms. The second-order valence-corrected chi connectivity index (χ2v) is 12.7. The average molecular weight is 713 g/mol. The van der Waals surface area contributed by atoms with Gasteiger partial charge in [-0.2, -0.15) is 8.78 Å². The molecule has 7 rings (SSSR count). The SMILES string of the molecule is CC(=O)c1cn(CC(=O)N2CC(=C(F)F)C[C@H]2C(=O)Nc2cccc(-c3ccc4c(c3Cl)CCC4=O)c2F)c2ccc(Nc3cncnc3)cc12. The van der Waals surface area contributed by atoms with Gasteiger partial charge in [0.05, 0.1) is 28.8 Å². The maximum absolute atomic E-state index is 15.9. The zero-order valence-electron chi connectivity index (χ0n) is 27.0. The molecular weight excluding hydrogens is 685 g/mol. The maximum atomic E-state index is 15.9. The summed E-state index contributed by atoms with van der Waals surface area (Å²) < 4.78 is 45.2. The van der Waals surface area contributed by atoms with E-state index in [2.05, 4.69) is 20.6 Å². The zero-order valence-corrected chi connectivity index (χ0v) is 27.7. The van der Waals surface area contributed by atoms with Crippen molar-refractivity contribution >= 4 is 62.9 Å². The minimum Gasteiger partial charge on any atom is -0.353 e. The van der Waals surface area contributed by atoms with Crippen LogP contribution in [0.5, 0.6) is 0 Å². The third kappa shape index (κ3) is 6.36. The Morgan fingerprint density at radius 1 is 0.980 bits per heavy atom. The number of halogens is 4. The molecule has 10 nitrogen and oxygen atoms in total. The molecule has 258 valence electrons. The topological polar surface area (TPSA) is 126 Å². The Kier molecular flexibility index (Phi) is 8.90. The highest BCUT2D eigenvalue weighted by atomic mass is 35.5. The predicted octanol–water partition coefficient (Wildman–Crippen LogP) is 7.36. The fraction of sp³-hybridized carbons (Fsp3) is 0.189. The van der Waals surface area contributed by atoms with E-state index in [0.717, 1.165) is 4.90 Å². The van der Waals surface area contributed by atoms with Crippen molar-refractivity contribution in [2.45, 2.75) is 38.8 Å². The molecule has 1 atom stereocenters. The van der Waals surface area contributed by atoms with Gasteiger partial charge in [-0.05, 0) is 43.2 Å². The molecule has 1 aliphatic carbocycles. The zero-order chi connectivity index (χ0) is 36.0. The lowest BCUT2D eigenvalue weighted by atomic mass is 9.99. The number of hydrogen-bond donors (Lipinski definition) is 2. The number of carbonyl (C=O) groups excluding carboxylic acids is 4. The van der Waals surface area contributed by atoms with Gasteiger partial charge in [-0.1, -0.05) is 35.9 Å². The molecule has 0 radical (unpaired) electrons. The van der Waals surface area contributed by atoms with E-state index in [1.807, 2.05) is 0 Å². The number of nitrogens with zero attached hydrogens (tertiary/aromatic N) is 4. The van der Waals surface area contributed by atoms with E-state index in [0.29, 0.717) is 57.4 Å². The van der Waals surface area contributed by atoms with Gasteiger partial charge in [-0.15, -0.1) is 0 Å². The van der Waals surface area contributed by atoms with Crippen LogP contribution in [0, 0.1) is 5.82 Å². The van der Waals surface area contributed by atoms with Gasteiger partial charge in [0.25, 0.3) is 6.08 Å². The summed E-state index contributed by atoms with van der Waals surface area (Å²) >= 11 is 6.59. The van der Waals surface area contributed by atoms with E-state index in [-0.39, 0.29) is 40.0 Å². The lowest BCUT2D eigenvalue weighted by molar-refractivity contribution is -0.137. The standard InChI is InChI=1S/C37H28ClF3N6O4/c1-19(48)28-16-46(30-9-5-21(12-27(28)30)44-22-13-42-18-43-14-22)17-33(50)47-15-20(36(40)41)11-31(47)37(51)45-29-4-2-3-26(35(29)39)25-7-6-23-24(34(25)38)8-10-32(23)49/h2-7,9,12-14,16,18,31,44H,8,10-11,15,17H2,1H3,(H,45,51)/t31-/m0/s1. The van der Waals surface area contributed by atoms with E-state index in [9.17, 15) is 28.0 Å². The van der Waals surface area contributed by atoms with Crippen LogP contribution < -0.4 is 10.6 Å². The number of rotatable bonds is 8. The Hall–Kier alpha value is -5.82. The fourth-order valence-corrected chi connectivity index (χ4v) is 7.03. The number of fused-ring (bicyclic) bond motifs is 2. The van der Waals surface area contributed by atoms with Gasteiger partial charge in [-0.25, -0.2) is 14.4 Å². The highest BCUT2D eigenvalue weighted by molar-refractivity contribution is 6.35. The number of ketones is 2. The molecule has 14 heteroatoms. The van der Waals surface area contributed by atoms with Crippen molar-refractivity contribution in [2.75, 3.05) is 17.2 Å². The summed E-state index contributed by atoms with van der Waals surface area (Å²) in [5.74, 6) is -2.63. The van der Waals surface area contributed by atoms with Gasteiger partial charge in [0, 0.05) is 70.0 Å². The number of likely N-dealkylation sites (tertiary alicyclic amines) is 1. The van der Waals surface area contributed by atoms with Crippen molar-refractivity contribution in [3.63, 3.8) is 0 Å². The Bertz CT molecular complexity index is 2300. The van der Waals surface area contributed by atoms with E-state index in [4.69, 9.17) is 11.6 Å². The minimum absolute atomic E-state index is 0.0424. The molecule has 2 aromatic heterocycles. The number of anilines is 3. The van der Waals surface area contributed by atoms with Crippen LogP contribution in [0.25, 0.3) is 22.0 Å². The van der Waals surface area contributed by atoms with Crippen molar-refractivity contribution in [1.29, 1.82) is 0 Å². The lowest BCUT2D eigenvalue weighted by Crippen LogP contribution is -2.44. The van der Waals surface area contributed by atoms with Crippen molar-refractivity contribution in [1.82, 2.24) is 19.4 Å². The molecule has 5 aromatic rings. The smallest absolute Gasteiger partial charge is 0.271 e. The van der Waals surface area contributed by atoms with E-state index in [1.165, 1.54) is 42.2 Å². The maximum Gasteiger partial charge on any atom is 0.271 e. The van der Waals surface area contributed by atoms with E-state index >= 15 is 4.39 Å². The normalized spacial score (nSPS) is 15.3. The summed E-state index contributed by atoms with van der Waals surface area (Å²) in [4.78, 5) is 61.1. The number of carbonyl (C=O) groups is 4. The van der Waals surface area contributed by atoms with Crippen molar-refractivity contribution in [3.05, 3.63) is 113 Å². The third-order valence-corrected chi connectivity index (χ3v) is 9.61. The molecule has 1 aliphatic heterocycles. The molecule has 0 unspecified atom stereocenters. The van der Waals surface area contributed by atoms with Gasteiger partial charge >= 0.3 is 0 Å². The number of nitrogens with one attached hydrogen (secondary N) is 2. The van der Waals surface area contributed by atoms with E-state index < -0.39 is 42.7 Å². The third-order valence-electron chi connectivity index (χ3n) is 9.18. The van der Waals surface area contributed by atoms with Crippen LogP contribution in [0.3, 0.4) is 0 Å². The first kappa shape index (κ1) is 33.7. The number of amides is 2. The van der Waals surface area contributed by atoms with Crippen molar-refractivity contribution in [3.8, 4) is 11.1 Å². The number of hydrogen-bond acceptors (Lipinski definition) is 7. The van der Waals surface area contributed by atoms with Gasteiger partial charge in [0.15, 0.2) is 17.4 Å². The molecule has 1 fully saturated rings. The predicted molar refractivity (Wildman–Crippen MR) is 185 cm³/mol. The van der Waals surface area contributed by atoms with E-state index in [1.54, 1.807) is 42.7 Å². The van der Waals surface area contributed by atoms with Gasteiger partial charge in [0.1, 0.15) is 18.9 Å². The Morgan fingerprint density at radius 3 is 2.49 bits per heavy atom. The average Bonchev–Trinajstić information content (AvgIpc) is 3.83. The summed E-state index contributed by atoms with van der Waals surface area (Å²) in [6.45, 7) is 0.524. The Morgan fingerprint density at radius 2 is 1.75 bits per heavy atom. The number of Topliss-reactive ketones (excluding diaryl/α,β-unsaturated/α-hetero) is 2. The quantitative estimate of drug-likeness (QED) is 0.161. The van der Waals surface area contributed by atoms with Crippen LogP contribution in [0.15, 0.2) is 85.1 Å². The Balaban J connectivity index is 1.14. The van der Waals surface area contributed by atoms with Crippen LogP contribution in [0.4, 0.5) is 30.2 Å². The monoisotopic (exact) mass is 712 g/mol. The second-order valence-electron chi connectivity index (χ2n) is 12.3. The molecule has 51 heavy (non-hydrogen) atoms. The van der Waals surface area contributed by atoms with Gasteiger partial charge in [0.2, 0.25) is 11.8 Å². The highest BCUT2D eigenvalue weighted by Crippen LogP contribution is 2.39. The molecule has 3 aromatic carbocycles. The molecule has 2 N–H and O–H groups in total. The van der Waals surface area contributed by atoms with Crippen LogP contribution in [-0.2, 0) is 22.6 Å². The summed E-state index contributed by atoms with van der Waals surface area (Å²) in [6.07, 6.45) is 4.36. The fourth-order valence-electron chi connectivity index (χ4n) is 6.67. The number of aromatic nitrogens is 3. The molecule has 1 saturated heterocycles. The first-order valence-corrected chi connectivity index (χ1v) is 16.3. The van der Waals surface area contributed by atoms with Crippen LogP contribution in [0.2, 0.25) is 5.02 Å². The molecule has 2 amide bonds.